The third kappa shape index (κ3) is 3.98. The van der Waals surface area contributed by atoms with E-state index in [1.807, 2.05) is 50.2 Å². The molecule has 136 valence electrons. The van der Waals surface area contributed by atoms with Crippen LogP contribution in [0.4, 0.5) is 0 Å². The van der Waals surface area contributed by atoms with Crippen LogP contribution in [0.25, 0.3) is 11.4 Å². The molecule has 2 aromatic carbocycles. The molecule has 0 radical (unpaired) electrons. The number of nitrogens with two attached hydrogens (primary N) is 1. The molecule has 1 atom stereocenters. The maximum absolute atomic E-state index is 6.37. The van der Waals surface area contributed by atoms with E-state index < -0.39 is 6.04 Å². The molecular weight excluding hydrogens is 352 g/mol. The number of nitrogens with zero attached hydrogens (tertiary/aromatic N) is 2. The number of halogens is 1. The van der Waals surface area contributed by atoms with Gasteiger partial charge in [-0.15, -0.1) is 0 Å². The van der Waals surface area contributed by atoms with E-state index in [1.165, 1.54) is 0 Å². The quantitative estimate of drug-likeness (QED) is 0.655. The molecule has 1 aromatic heterocycles. The van der Waals surface area contributed by atoms with Gasteiger partial charge in [-0.05, 0) is 43.7 Å². The monoisotopic (exact) mass is 372 g/mol. The zero-order chi connectivity index (χ0) is 18.5. The Morgan fingerprint density at radius 2 is 1.85 bits per heavy atom. The van der Waals surface area contributed by atoms with Crippen molar-refractivity contribution in [1.82, 2.24) is 15.2 Å². The average molecular weight is 373 g/mol. The van der Waals surface area contributed by atoms with E-state index in [-0.39, 0.29) is 0 Å². The fourth-order valence-corrected chi connectivity index (χ4v) is 2.78. The third-order valence-electron chi connectivity index (χ3n) is 3.81. The lowest BCUT2D eigenvalue weighted by atomic mass is 10.1. The Kier molecular flexibility index (Phi) is 5.75. The summed E-state index contributed by atoms with van der Waals surface area (Å²) in [6.45, 7) is 4.97. The Hall–Kier alpha value is -2.57. The standard InChI is InChI=1S/C19H21ClN4O2/c1-3-25-15-9-8-12(11-16(15)26-4-2)17(21)19-22-18(23-24-19)13-6-5-7-14(20)10-13/h5-11,17H,3-4,21H2,1-2H3,(H,22,23,24)/t17-/m0/s1. The summed E-state index contributed by atoms with van der Waals surface area (Å²) in [6, 6.07) is 12.5. The van der Waals surface area contributed by atoms with Crippen molar-refractivity contribution < 1.29 is 9.47 Å². The number of benzene rings is 2. The second kappa shape index (κ2) is 8.21. The van der Waals surface area contributed by atoms with Gasteiger partial charge in [-0.25, -0.2) is 4.98 Å². The number of H-pyrrole nitrogens is 1. The fourth-order valence-electron chi connectivity index (χ4n) is 2.59. The summed E-state index contributed by atoms with van der Waals surface area (Å²) >= 11 is 6.03. The molecule has 3 N–H and O–H groups in total. The SMILES string of the molecule is CCOc1ccc([C@H](N)c2nc(-c3cccc(Cl)c3)n[nH]2)cc1OCC. The number of hydrogen-bond acceptors (Lipinski definition) is 5. The van der Waals surface area contributed by atoms with Gasteiger partial charge in [-0.1, -0.05) is 29.8 Å². The minimum absolute atomic E-state index is 0.467. The van der Waals surface area contributed by atoms with Crippen LogP contribution in [0.3, 0.4) is 0 Å². The van der Waals surface area contributed by atoms with Gasteiger partial charge in [0.25, 0.3) is 0 Å². The highest BCUT2D eigenvalue weighted by molar-refractivity contribution is 6.30. The number of nitrogens with one attached hydrogen (secondary N) is 1. The lowest BCUT2D eigenvalue weighted by Crippen LogP contribution is -2.14. The highest BCUT2D eigenvalue weighted by Gasteiger charge is 2.17. The van der Waals surface area contributed by atoms with E-state index in [9.17, 15) is 0 Å². The molecule has 0 unspecified atom stereocenters. The van der Waals surface area contributed by atoms with Crippen LogP contribution in [0, 0.1) is 0 Å². The van der Waals surface area contributed by atoms with Crippen LogP contribution < -0.4 is 15.2 Å². The van der Waals surface area contributed by atoms with E-state index in [4.69, 9.17) is 26.8 Å². The molecule has 0 aliphatic carbocycles. The summed E-state index contributed by atoms with van der Waals surface area (Å²) in [6.07, 6.45) is 0. The Morgan fingerprint density at radius 3 is 2.58 bits per heavy atom. The van der Waals surface area contributed by atoms with E-state index in [1.54, 1.807) is 6.07 Å². The van der Waals surface area contributed by atoms with Crippen LogP contribution in [0.2, 0.25) is 5.02 Å². The third-order valence-corrected chi connectivity index (χ3v) is 4.04. The first-order valence-corrected chi connectivity index (χ1v) is 8.83. The van der Waals surface area contributed by atoms with Gasteiger partial charge in [0.15, 0.2) is 17.3 Å². The molecule has 3 aromatic rings. The van der Waals surface area contributed by atoms with Crippen LogP contribution in [-0.4, -0.2) is 28.4 Å². The Bertz CT molecular complexity index is 881. The zero-order valence-electron chi connectivity index (χ0n) is 14.7. The van der Waals surface area contributed by atoms with Crippen LogP contribution in [0.1, 0.15) is 31.3 Å². The van der Waals surface area contributed by atoms with Crippen LogP contribution >= 0.6 is 11.6 Å². The lowest BCUT2D eigenvalue weighted by Gasteiger charge is -2.14. The lowest BCUT2D eigenvalue weighted by molar-refractivity contribution is 0.287. The molecule has 0 amide bonds. The molecule has 0 aliphatic heterocycles. The van der Waals surface area contributed by atoms with Crippen LogP contribution in [0.15, 0.2) is 42.5 Å². The Labute approximate surface area is 157 Å². The smallest absolute Gasteiger partial charge is 0.181 e. The van der Waals surface area contributed by atoms with Gasteiger partial charge in [0.2, 0.25) is 0 Å². The molecular formula is C19H21ClN4O2. The number of hydrogen-bond donors (Lipinski definition) is 2. The number of aromatic amines is 1. The van der Waals surface area contributed by atoms with Crippen molar-refractivity contribution in [3.05, 3.63) is 58.9 Å². The van der Waals surface area contributed by atoms with Crippen molar-refractivity contribution in [2.75, 3.05) is 13.2 Å². The first kappa shape index (κ1) is 18.2. The van der Waals surface area contributed by atoms with Crippen LogP contribution in [0.5, 0.6) is 11.5 Å². The van der Waals surface area contributed by atoms with Crippen molar-refractivity contribution in [3.8, 4) is 22.9 Å². The number of aromatic nitrogens is 3. The average Bonchev–Trinajstić information content (AvgIpc) is 3.13. The number of rotatable bonds is 7. The maximum Gasteiger partial charge on any atom is 0.181 e. The summed E-state index contributed by atoms with van der Waals surface area (Å²) in [4.78, 5) is 4.51. The number of ether oxygens (including phenoxy) is 2. The van der Waals surface area contributed by atoms with Gasteiger partial charge in [0.05, 0.1) is 19.3 Å². The first-order chi connectivity index (χ1) is 12.6. The van der Waals surface area contributed by atoms with Crippen molar-refractivity contribution in [1.29, 1.82) is 0 Å². The summed E-state index contributed by atoms with van der Waals surface area (Å²) < 4.78 is 11.3. The highest BCUT2D eigenvalue weighted by atomic mass is 35.5. The second-order valence-corrected chi connectivity index (χ2v) is 6.04. The van der Waals surface area contributed by atoms with Crippen molar-refractivity contribution in [2.24, 2.45) is 5.73 Å². The molecule has 0 fully saturated rings. The summed E-state index contributed by atoms with van der Waals surface area (Å²) in [5.74, 6) is 2.47. The van der Waals surface area contributed by atoms with Crippen molar-refractivity contribution in [2.45, 2.75) is 19.9 Å². The largest absolute Gasteiger partial charge is 0.490 e. The van der Waals surface area contributed by atoms with E-state index in [0.717, 1.165) is 11.1 Å². The minimum Gasteiger partial charge on any atom is -0.490 e. The molecule has 3 rings (SSSR count). The molecule has 0 bridgehead atoms. The van der Waals surface area contributed by atoms with E-state index in [0.29, 0.717) is 41.4 Å². The van der Waals surface area contributed by atoms with Gasteiger partial charge >= 0.3 is 0 Å². The molecule has 26 heavy (non-hydrogen) atoms. The molecule has 0 aliphatic rings. The van der Waals surface area contributed by atoms with Crippen LogP contribution in [-0.2, 0) is 0 Å². The van der Waals surface area contributed by atoms with E-state index >= 15 is 0 Å². The Balaban J connectivity index is 1.87. The van der Waals surface area contributed by atoms with Crippen molar-refractivity contribution >= 4 is 11.6 Å². The van der Waals surface area contributed by atoms with Gasteiger partial charge in [-0.2, -0.15) is 5.10 Å². The highest BCUT2D eigenvalue weighted by Crippen LogP contribution is 2.31. The minimum atomic E-state index is -0.467. The normalized spacial score (nSPS) is 12.0. The summed E-state index contributed by atoms with van der Waals surface area (Å²) in [5, 5.41) is 7.79. The fraction of sp³-hybridized carbons (Fsp3) is 0.263. The van der Waals surface area contributed by atoms with Gasteiger partial charge in [-0.3, -0.25) is 5.10 Å². The predicted octanol–water partition coefficient (Wildman–Crippen LogP) is 3.97. The topological polar surface area (TPSA) is 86.0 Å². The Morgan fingerprint density at radius 1 is 1.08 bits per heavy atom. The molecule has 6 nitrogen and oxygen atoms in total. The van der Waals surface area contributed by atoms with Gasteiger partial charge in [0.1, 0.15) is 5.82 Å². The first-order valence-electron chi connectivity index (χ1n) is 8.45. The van der Waals surface area contributed by atoms with Gasteiger partial charge in [0, 0.05) is 10.6 Å². The maximum atomic E-state index is 6.37. The molecule has 7 heteroatoms. The molecule has 1 heterocycles. The summed E-state index contributed by atoms with van der Waals surface area (Å²) in [7, 11) is 0. The van der Waals surface area contributed by atoms with Crippen molar-refractivity contribution in [3.63, 3.8) is 0 Å². The van der Waals surface area contributed by atoms with E-state index in [2.05, 4.69) is 15.2 Å². The predicted molar refractivity (Wildman–Crippen MR) is 102 cm³/mol. The molecule has 0 saturated carbocycles. The summed E-state index contributed by atoms with van der Waals surface area (Å²) in [5.41, 5.74) is 8.05. The molecule has 0 spiro atoms. The molecule has 0 saturated heterocycles. The second-order valence-electron chi connectivity index (χ2n) is 5.60. The van der Waals surface area contributed by atoms with Gasteiger partial charge < -0.3 is 15.2 Å². The zero-order valence-corrected chi connectivity index (χ0v) is 15.5.